The molecule has 0 aliphatic heterocycles. The van der Waals surface area contributed by atoms with Gasteiger partial charge in [0.15, 0.2) is 0 Å². The molecule has 0 aliphatic rings. The number of hydrogen-bond donors (Lipinski definition) is 2. The molecule has 0 aromatic heterocycles. The highest BCUT2D eigenvalue weighted by Gasteiger charge is 2.10. The lowest BCUT2D eigenvalue weighted by Gasteiger charge is -2.08. The summed E-state index contributed by atoms with van der Waals surface area (Å²) in [5.74, 6) is -1.41. The maximum absolute atomic E-state index is 13.4. The molecule has 0 atom stereocenters. The Morgan fingerprint density at radius 2 is 1.89 bits per heavy atom. The largest absolute Gasteiger partial charge is 0.397 e. The molecule has 0 unspecified atom stereocenters. The van der Waals surface area contributed by atoms with Crippen molar-refractivity contribution in [2.24, 2.45) is 0 Å². The summed E-state index contributed by atoms with van der Waals surface area (Å²) in [6, 6.07) is 9.65. The van der Waals surface area contributed by atoms with Crippen LogP contribution in [-0.4, -0.2) is 5.91 Å². The SMILES string of the molecule is Nc1ccc(F)cc1NC(=O)Cc1ccccc1F. The summed E-state index contributed by atoms with van der Waals surface area (Å²) in [5.41, 5.74) is 6.31. The van der Waals surface area contributed by atoms with Gasteiger partial charge in [-0.05, 0) is 29.8 Å². The Kier molecular flexibility index (Phi) is 3.75. The average molecular weight is 262 g/mol. The Balaban J connectivity index is 2.10. The third-order valence-electron chi connectivity index (χ3n) is 2.60. The van der Waals surface area contributed by atoms with Crippen LogP contribution >= 0.6 is 0 Å². The predicted molar refractivity (Wildman–Crippen MR) is 69.5 cm³/mol. The smallest absolute Gasteiger partial charge is 0.228 e. The molecule has 5 heteroatoms. The highest BCUT2D eigenvalue weighted by molar-refractivity contribution is 5.95. The molecule has 0 saturated heterocycles. The van der Waals surface area contributed by atoms with E-state index in [1.807, 2.05) is 0 Å². The number of carbonyl (C=O) groups is 1. The molecular formula is C14H12F2N2O. The van der Waals surface area contributed by atoms with Crippen molar-refractivity contribution < 1.29 is 13.6 Å². The lowest BCUT2D eigenvalue weighted by molar-refractivity contribution is -0.115. The van der Waals surface area contributed by atoms with Crippen LogP contribution in [0.25, 0.3) is 0 Å². The highest BCUT2D eigenvalue weighted by atomic mass is 19.1. The number of carbonyl (C=O) groups excluding carboxylic acids is 1. The van der Waals surface area contributed by atoms with E-state index in [9.17, 15) is 13.6 Å². The molecule has 19 heavy (non-hydrogen) atoms. The van der Waals surface area contributed by atoms with Crippen LogP contribution in [0.1, 0.15) is 5.56 Å². The fourth-order valence-electron chi connectivity index (χ4n) is 1.65. The second-order valence-corrected chi connectivity index (χ2v) is 4.05. The van der Waals surface area contributed by atoms with E-state index in [4.69, 9.17) is 5.73 Å². The number of amides is 1. The first-order chi connectivity index (χ1) is 9.06. The molecule has 98 valence electrons. The van der Waals surface area contributed by atoms with Gasteiger partial charge < -0.3 is 11.1 Å². The van der Waals surface area contributed by atoms with Gasteiger partial charge in [0.25, 0.3) is 0 Å². The monoisotopic (exact) mass is 262 g/mol. The molecule has 0 saturated carbocycles. The van der Waals surface area contributed by atoms with Crippen LogP contribution in [0.4, 0.5) is 20.2 Å². The van der Waals surface area contributed by atoms with Gasteiger partial charge in [0, 0.05) is 0 Å². The minimum absolute atomic E-state index is 0.136. The Morgan fingerprint density at radius 1 is 1.16 bits per heavy atom. The molecule has 2 aromatic carbocycles. The normalized spacial score (nSPS) is 10.2. The maximum Gasteiger partial charge on any atom is 0.228 e. The Hall–Kier alpha value is -2.43. The van der Waals surface area contributed by atoms with E-state index >= 15 is 0 Å². The lowest BCUT2D eigenvalue weighted by Crippen LogP contribution is -2.16. The fraction of sp³-hybridized carbons (Fsp3) is 0.0714. The number of nitrogens with one attached hydrogen (secondary N) is 1. The molecule has 0 heterocycles. The summed E-state index contributed by atoms with van der Waals surface area (Å²) in [5, 5.41) is 2.46. The number of hydrogen-bond acceptors (Lipinski definition) is 2. The number of nitrogens with two attached hydrogens (primary N) is 1. The first-order valence-electron chi connectivity index (χ1n) is 5.64. The third-order valence-corrected chi connectivity index (χ3v) is 2.60. The quantitative estimate of drug-likeness (QED) is 0.836. The van der Waals surface area contributed by atoms with E-state index in [0.29, 0.717) is 0 Å². The maximum atomic E-state index is 13.4. The van der Waals surface area contributed by atoms with Gasteiger partial charge in [-0.3, -0.25) is 4.79 Å². The Labute approximate surface area is 109 Å². The molecule has 0 aliphatic carbocycles. The summed E-state index contributed by atoms with van der Waals surface area (Å²) < 4.78 is 26.4. The number of rotatable bonds is 3. The minimum Gasteiger partial charge on any atom is -0.397 e. The second-order valence-electron chi connectivity index (χ2n) is 4.05. The van der Waals surface area contributed by atoms with Crippen molar-refractivity contribution in [1.29, 1.82) is 0 Å². The Bertz CT molecular complexity index is 614. The van der Waals surface area contributed by atoms with Gasteiger partial charge in [-0.15, -0.1) is 0 Å². The molecule has 0 bridgehead atoms. The predicted octanol–water partition coefficient (Wildman–Crippen LogP) is 2.73. The van der Waals surface area contributed by atoms with E-state index in [2.05, 4.69) is 5.32 Å². The summed E-state index contributed by atoms with van der Waals surface area (Å²) >= 11 is 0. The summed E-state index contributed by atoms with van der Waals surface area (Å²) in [6.07, 6.45) is -0.136. The van der Waals surface area contributed by atoms with Crippen LogP contribution in [0.3, 0.4) is 0 Å². The molecule has 1 amide bonds. The molecule has 0 radical (unpaired) electrons. The average Bonchev–Trinajstić information content (AvgIpc) is 2.37. The summed E-state index contributed by atoms with van der Waals surface area (Å²) in [4.78, 5) is 11.7. The van der Waals surface area contributed by atoms with E-state index in [1.165, 1.54) is 24.3 Å². The molecule has 2 aromatic rings. The van der Waals surface area contributed by atoms with Gasteiger partial charge in [0.2, 0.25) is 5.91 Å². The highest BCUT2D eigenvalue weighted by Crippen LogP contribution is 2.19. The van der Waals surface area contributed by atoms with Crippen molar-refractivity contribution in [2.45, 2.75) is 6.42 Å². The number of anilines is 2. The van der Waals surface area contributed by atoms with Gasteiger partial charge in [-0.1, -0.05) is 18.2 Å². The third kappa shape index (κ3) is 3.28. The van der Waals surface area contributed by atoms with Gasteiger partial charge in [-0.25, -0.2) is 8.78 Å². The van der Waals surface area contributed by atoms with Crippen LogP contribution in [-0.2, 0) is 11.2 Å². The molecular weight excluding hydrogens is 250 g/mol. The standard InChI is InChI=1S/C14H12F2N2O/c15-10-5-6-12(17)13(8-10)18-14(19)7-9-3-1-2-4-11(9)16/h1-6,8H,7,17H2,(H,18,19). The van der Waals surface area contributed by atoms with Gasteiger partial charge in [0.05, 0.1) is 17.8 Å². The first kappa shape index (κ1) is 13.0. The number of benzene rings is 2. The zero-order valence-corrected chi connectivity index (χ0v) is 9.99. The van der Waals surface area contributed by atoms with E-state index in [0.717, 1.165) is 6.07 Å². The van der Waals surface area contributed by atoms with Gasteiger partial charge in [-0.2, -0.15) is 0 Å². The van der Waals surface area contributed by atoms with Crippen molar-refractivity contribution in [2.75, 3.05) is 11.1 Å². The van der Waals surface area contributed by atoms with Crippen LogP contribution in [0.2, 0.25) is 0 Å². The summed E-state index contributed by atoms with van der Waals surface area (Å²) in [7, 11) is 0. The van der Waals surface area contributed by atoms with Crippen molar-refractivity contribution >= 4 is 17.3 Å². The van der Waals surface area contributed by atoms with E-state index in [-0.39, 0.29) is 23.4 Å². The van der Waals surface area contributed by atoms with Crippen molar-refractivity contribution in [3.05, 3.63) is 59.7 Å². The van der Waals surface area contributed by atoms with E-state index < -0.39 is 17.5 Å². The van der Waals surface area contributed by atoms with Gasteiger partial charge in [0.1, 0.15) is 11.6 Å². The van der Waals surface area contributed by atoms with Crippen LogP contribution in [0.5, 0.6) is 0 Å². The number of halogens is 2. The van der Waals surface area contributed by atoms with Gasteiger partial charge >= 0.3 is 0 Å². The fourth-order valence-corrected chi connectivity index (χ4v) is 1.65. The van der Waals surface area contributed by atoms with Crippen molar-refractivity contribution in [3.8, 4) is 0 Å². The number of nitrogen functional groups attached to an aromatic ring is 1. The van der Waals surface area contributed by atoms with Crippen LogP contribution in [0.15, 0.2) is 42.5 Å². The lowest BCUT2D eigenvalue weighted by atomic mass is 10.1. The van der Waals surface area contributed by atoms with E-state index in [1.54, 1.807) is 12.1 Å². The molecule has 0 spiro atoms. The summed E-state index contributed by atoms with van der Waals surface area (Å²) in [6.45, 7) is 0. The molecule has 0 fully saturated rings. The topological polar surface area (TPSA) is 55.1 Å². The zero-order valence-electron chi connectivity index (χ0n) is 9.99. The first-order valence-corrected chi connectivity index (χ1v) is 5.64. The van der Waals surface area contributed by atoms with Crippen molar-refractivity contribution in [3.63, 3.8) is 0 Å². The zero-order chi connectivity index (χ0) is 13.8. The van der Waals surface area contributed by atoms with Crippen molar-refractivity contribution in [1.82, 2.24) is 0 Å². The molecule has 3 N–H and O–H groups in total. The van der Waals surface area contributed by atoms with Crippen LogP contribution in [0, 0.1) is 11.6 Å². The Morgan fingerprint density at radius 3 is 2.63 bits per heavy atom. The molecule has 3 nitrogen and oxygen atoms in total. The minimum atomic E-state index is -0.504. The second kappa shape index (κ2) is 5.48. The van der Waals surface area contributed by atoms with Crippen LogP contribution < -0.4 is 11.1 Å². The molecule has 2 rings (SSSR count).